The molecule has 0 atom stereocenters. The summed E-state index contributed by atoms with van der Waals surface area (Å²) in [5, 5.41) is 12.1. The van der Waals surface area contributed by atoms with Gasteiger partial charge in [-0.2, -0.15) is 0 Å². The van der Waals surface area contributed by atoms with Crippen LogP contribution in [0, 0.1) is 6.92 Å². The van der Waals surface area contributed by atoms with Gasteiger partial charge in [0.15, 0.2) is 0 Å². The Balaban J connectivity index is 1.77. The molecule has 8 heteroatoms. The third-order valence-electron chi connectivity index (χ3n) is 5.90. The molecule has 1 aromatic heterocycles. The molecular weight excluding hydrogens is 448 g/mol. The van der Waals surface area contributed by atoms with Gasteiger partial charge in [-0.1, -0.05) is 30.3 Å². The van der Waals surface area contributed by atoms with Crippen molar-refractivity contribution in [3.05, 3.63) is 70.5 Å². The number of ether oxygens (including phenoxy) is 2. The number of fused-ring (bicyclic) bond motifs is 1. The average molecular weight is 475 g/mol. The molecule has 1 aliphatic rings. The van der Waals surface area contributed by atoms with E-state index in [1.165, 1.54) is 0 Å². The molecule has 35 heavy (non-hydrogen) atoms. The number of hydrogen-bond donors (Lipinski definition) is 3. The van der Waals surface area contributed by atoms with E-state index >= 15 is 0 Å². The summed E-state index contributed by atoms with van der Waals surface area (Å²) in [5.74, 6) is -1.07. The molecule has 0 spiro atoms. The molecule has 0 saturated carbocycles. The lowest BCUT2D eigenvalue weighted by Crippen LogP contribution is -2.09. The number of nitrogens with one attached hydrogen (secondary N) is 2. The van der Waals surface area contributed by atoms with Crippen LogP contribution in [0.1, 0.15) is 46.2 Å². The van der Waals surface area contributed by atoms with Gasteiger partial charge < -0.3 is 24.9 Å². The van der Waals surface area contributed by atoms with Crippen molar-refractivity contribution in [3.63, 3.8) is 0 Å². The zero-order valence-corrected chi connectivity index (χ0v) is 19.7. The number of aromatic nitrogens is 1. The van der Waals surface area contributed by atoms with Crippen molar-refractivity contribution in [1.82, 2.24) is 4.98 Å². The Labute approximate surface area is 202 Å². The smallest absolute Gasteiger partial charge is 0.340 e. The number of rotatable bonds is 8. The van der Waals surface area contributed by atoms with E-state index in [4.69, 9.17) is 9.47 Å². The fourth-order valence-electron chi connectivity index (χ4n) is 4.33. The Kier molecular flexibility index (Phi) is 6.73. The van der Waals surface area contributed by atoms with E-state index in [9.17, 15) is 19.5 Å². The van der Waals surface area contributed by atoms with Crippen molar-refractivity contribution in [3.8, 4) is 16.9 Å². The van der Waals surface area contributed by atoms with E-state index < -0.39 is 11.9 Å². The van der Waals surface area contributed by atoms with Crippen LogP contribution >= 0.6 is 0 Å². The highest BCUT2D eigenvalue weighted by Gasteiger charge is 2.27. The van der Waals surface area contributed by atoms with Gasteiger partial charge in [0.2, 0.25) is 0 Å². The highest BCUT2D eigenvalue weighted by molar-refractivity contribution is 6.35. The van der Waals surface area contributed by atoms with Gasteiger partial charge in [0.05, 0.1) is 24.9 Å². The summed E-state index contributed by atoms with van der Waals surface area (Å²) in [6.45, 7) is 3.63. The number of carboxylic acid groups (broad SMARTS) is 1. The van der Waals surface area contributed by atoms with Gasteiger partial charge in [-0.3, -0.25) is 9.59 Å². The molecule has 0 bridgehead atoms. The number of esters is 1. The lowest BCUT2D eigenvalue weighted by Gasteiger charge is -2.09. The standard InChI is InChI=1S/C27H26N2O6/c1-4-35-27(33)25-15(2)28-22(19(25)11-12-24(30)31)14-20-18-10-9-16(13-21(18)29-26(20)32)17-7-5-6-8-23(17)34-3/h5-10,13-14,28H,4,11-12H2,1-3H3,(H,29,32)(H,30,31). The Morgan fingerprint density at radius 2 is 1.89 bits per heavy atom. The van der Waals surface area contributed by atoms with E-state index in [0.717, 1.165) is 16.9 Å². The van der Waals surface area contributed by atoms with Gasteiger partial charge in [-0.25, -0.2) is 4.79 Å². The van der Waals surface area contributed by atoms with E-state index in [-0.39, 0.29) is 25.4 Å². The minimum absolute atomic E-state index is 0.119. The fraction of sp³-hybridized carbons (Fsp3) is 0.222. The number of aryl methyl sites for hydroxylation is 1. The van der Waals surface area contributed by atoms with Crippen molar-refractivity contribution >= 4 is 35.2 Å². The van der Waals surface area contributed by atoms with Crippen LogP contribution in [0.2, 0.25) is 0 Å². The van der Waals surface area contributed by atoms with Crippen LogP contribution in [-0.2, 0) is 20.7 Å². The van der Waals surface area contributed by atoms with Crippen molar-refractivity contribution in [2.24, 2.45) is 0 Å². The molecule has 3 aromatic rings. The maximum absolute atomic E-state index is 12.9. The van der Waals surface area contributed by atoms with Crippen molar-refractivity contribution < 1.29 is 29.0 Å². The Morgan fingerprint density at radius 3 is 2.60 bits per heavy atom. The number of amides is 1. The largest absolute Gasteiger partial charge is 0.496 e. The van der Waals surface area contributed by atoms with Gasteiger partial charge in [-0.05, 0) is 49.6 Å². The number of carbonyl (C=O) groups is 3. The predicted octanol–water partition coefficient (Wildman–Crippen LogP) is 4.69. The number of anilines is 1. The van der Waals surface area contributed by atoms with Crippen LogP contribution in [0.3, 0.4) is 0 Å². The van der Waals surface area contributed by atoms with E-state index in [1.807, 2.05) is 42.5 Å². The summed E-state index contributed by atoms with van der Waals surface area (Å²) >= 11 is 0. The minimum Gasteiger partial charge on any atom is -0.496 e. The highest BCUT2D eigenvalue weighted by Crippen LogP contribution is 2.39. The molecule has 1 amide bonds. The summed E-state index contributed by atoms with van der Waals surface area (Å²) in [6, 6.07) is 13.3. The van der Waals surface area contributed by atoms with Crippen LogP contribution < -0.4 is 10.1 Å². The predicted molar refractivity (Wildman–Crippen MR) is 132 cm³/mol. The Hall–Kier alpha value is -4.33. The third-order valence-corrected chi connectivity index (χ3v) is 5.90. The molecule has 180 valence electrons. The van der Waals surface area contributed by atoms with Crippen molar-refractivity contribution in [2.45, 2.75) is 26.7 Å². The molecule has 0 unspecified atom stereocenters. The zero-order valence-electron chi connectivity index (χ0n) is 19.7. The van der Waals surface area contributed by atoms with Gasteiger partial charge >= 0.3 is 11.9 Å². The zero-order chi connectivity index (χ0) is 25.1. The first kappa shape index (κ1) is 23.8. The topological polar surface area (TPSA) is 118 Å². The molecule has 2 aromatic carbocycles. The molecule has 3 N–H and O–H groups in total. The molecule has 0 fully saturated rings. The molecule has 1 aliphatic heterocycles. The van der Waals surface area contributed by atoms with E-state index in [0.29, 0.717) is 39.3 Å². The molecule has 0 radical (unpaired) electrons. The number of methoxy groups -OCH3 is 1. The lowest BCUT2D eigenvalue weighted by atomic mass is 9.98. The van der Waals surface area contributed by atoms with Gasteiger partial charge in [0.1, 0.15) is 5.75 Å². The van der Waals surface area contributed by atoms with Crippen LogP contribution in [0.5, 0.6) is 5.75 Å². The van der Waals surface area contributed by atoms with Crippen LogP contribution in [0.15, 0.2) is 42.5 Å². The van der Waals surface area contributed by atoms with Crippen molar-refractivity contribution in [1.29, 1.82) is 0 Å². The molecule has 0 saturated heterocycles. The lowest BCUT2D eigenvalue weighted by molar-refractivity contribution is -0.137. The monoisotopic (exact) mass is 474 g/mol. The second kappa shape index (κ2) is 9.89. The Morgan fingerprint density at radius 1 is 1.11 bits per heavy atom. The molecule has 8 nitrogen and oxygen atoms in total. The van der Waals surface area contributed by atoms with E-state index in [1.54, 1.807) is 27.0 Å². The quantitative estimate of drug-likeness (QED) is 0.322. The fourth-order valence-corrected chi connectivity index (χ4v) is 4.33. The summed E-state index contributed by atoms with van der Waals surface area (Å²) in [6.07, 6.45) is 1.62. The Bertz CT molecular complexity index is 1350. The summed E-state index contributed by atoms with van der Waals surface area (Å²) < 4.78 is 10.6. The summed E-state index contributed by atoms with van der Waals surface area (Å²) in [5.41, 5.74) is 5.48. The summed E-state index contributed by atoms with van der Waals surface area (Å²) in [7, 11) is 1.61. The van der Waals surface area contributed by atoms with Crippen LogP contribution in [0.4, 0.5) is 5.69 Å². The first-order valence-corrected chi connectivity index (χ1v) is 11.2. The number of carboxylic acids is 1. The molecular formula is C27H26N2O6. The minimum atomic E-state index is -0.981. The number of H-pyrrole nitrogens is 1. The molecule has 4 rings (SSSR count). The number of carbonyl (C=O) groups excluding carboxylic acids is 2. The second-order valence-electron chi connectivity index (χ2n) is 8.10. The van der Waals surface area contributed by atoms with Crippen LogP contribution in [0.25, 0.3) is 22.8 Å². The SMILES string of the molecule is CCOC(=O)c1c(C)[nH]c(C=C2C(=O)Nc3cc(-c4ccccc4OC)ccc32)c1CCC(=O)O. The average Bonchev–Trinajstić information content (AvgIpc) is 3.32. The first-order chi connectivity index (χ1) is 16.8. The van der Waals surface area contributed by atoms with E-state index in [2.05, 4.69) is 10.3 Å². The van der Waals surface area contributed by atoms with Gasteiger partial charge in [0.25, 0.3) is 5.91 Å². The van der Waals surface area contributed by atoms with Gasteiger partial charge in [-0.15, -0.1) is 0 Å². The summed E-state index contributed by atoms with van der Waals surface area (Å²) in [4.78, 5) is 39.9. The van der Waals surface area contributed by atoms with Crippen molar-refractivity contribution in [2.75, 3.05) is 19.0 Å². The third kappa shape index (κ3) is 4.68. The number of hydrogen-bond acceptors (Lipinski definition) is 5. The maximum atomic E-state index is 12.9. The highest BCUT2D eigenvalue weighted by atomic mass is 16.5. The first-order valence-electron chi connectivity index (χ1n) is 11.2. The molecule has 0 aliphatic carbocycles. The molecule has 2 heterocycles. The maximum Gasteiger partial charge on any atom is 0.340 e. The number of benzene rings is 2. The second-order valence-corrected chi connectivity index (χ2v) is 8.10. The number of aromatic amines is 1. The normalized spacial score (nSPS) is 13.5. The number of para-hydroxylation sites is 1. The van der Waals surface area contributed by atoms with Crippen LogP contribution in [-0.4, -0.2) is 41.7 Å². The number of aliphatic carboxylic acids is 1. The van der Waals surface area contributed by atoms with Gasteiger partial charge in [0, 0.05) is 34.6 Å².